The van der Waals surface area contributed by atoms with Crippen molar-refractivity contribution in [2.24, 2.45) is 0 Å². The van der Waals surface area contributed by atoms with Crippen LogP contribution in [0.25, 0.3) is 0 Å². The van der Waals surface area contributed by atoms with Crippen LogP contribution < -0.4 is 5.32 Å². The van der Waals surface area contributed by atoms with Gasteiger partial charge in [0.25, 0.3) is 5.91 Å². The molecule has 0 aliphatic rings. The lowest BCUT2D eigenvalue weighted by Gasteiger charge is -2.15. The molecule has 5 nitrogen and oxygen atoms in total. The van der Waals surface area contributed by atoms with Crippen LogP contribution in [-0.4, -0.2) is 21.1 Å². The first-order chi connectivity index (χ1) is 10.6. The minimum atomic E-state index is -0.417. The van der Waals surface area contributed by atoms with Crippen LogP contribution in [0.2, 0.25) is 4.34 Å². The molecule has 7 heteroatoms. The minimum Gasteiger partial charge on any atom is -0.337 e. The molecule has 112 valence electrons. The van der Waals surface area contributed by atoms with Gasteiger partial charge in [0.15, 0.2) is 5.82 Å². The molecular formula is C15H13ClN4OS. The van der Waals surface area contributed by atoms with Crippen LogP contribution in [0.4, 0.5) is 0 Å². The molecule has 0 unspecified atom stereocenters. The van der Waals surface area contributed by atoms with Gasteiger partial charge >= 0.3 is 0 Å². The molecule has 2 heterocycles. The molecule has 0 radical (unpaired) electrons. The normalized spacial score (nSPS) is 12.1. The summed E-state index contributed by atoms with van der Waals surface area (Å²) in [5, 5.41) is 9.94. The third-order valence-corrected chi connectivity index (χ3v) is 4.31. The van der Waals surface area contributed by atoms with Gasteiger partial charge in [-0.25, -0.2) is 4.98 Å². The van der Waals surface area contributed by atoms with E-state index in [9.17, 15) is 4.79 Å². The largest absolute Gasteiger partial charge is 0.337 e. The zero-order valence-corrected chi connectivity index (χ0v) is 13.3. The predicted octanol–water partition coefficient (Wildman–Crippen LogP) is 3.35. The third kappa shape index (κ3) is 3.18. The van der Waals surface area contributed by atoms with Crippen molar-refractivity contribution in [3.63, 3.8) is 0 Å². The van der Waals surface area contributed by atoms with Crippen molar-refractivity contribution in [1.29, 1.82) is 0 Å². The maximum Gasteiger partial charge on any atom is 0.262 e. The molecule has 3 aromatic rings. The van der Waals surface area contributed by atoms with Gasteiger partial charge in [0, 0.05) is 0 Å². The fourth-order valence-corrected chi connectivity index (χ4v) is 3.02. The van der Waals surface area contributed by atoms with E-state index in [1.54, 1.807) is 12.1 Å². The highest BCUT2D eigenvalue weighted by Crippen LogP contribution is 2.24. The number of hydrogen-bond donors (Lipinski definition) is 2. The summed E-state index contributed by atoms with van der Waals surface area (Å²) in [4.78, 5) is 17.3. The highest BCUT2D eigenvalue weighted by atomic mass is 35.5. The van der Waals surface area contributed by atoms with E-state index in [1.165, 1.54) is 11.3 Å². The summed E-state index contributed by atoms with van der Waals surface area (Å²) in [5.41, 5.74) is 0.914. The summed E-state index contributed by atoms with van der Waals surface area (Å²) in [5.74, 6) is 1.03. The van der Waals surface area contributed by atoms with Crippen LogP contribution >= 0.6 is 22.9 Å². The average molecular weight is 333 g/mol. The zero-order chi connectivity index (χ0) is 15.5. The van der Waals surface area contributed by atoms with Gasteiger partial charge in [-0.1, -0.05) is 41.9 Å². The number of hydrogen-bond acceptors (Lipinski definition) is 4. The second-order valence-corrected chi connectivity index (χ2v) is 6.42. The fraction of sp³-hybridized carbons (Fsp3) is 0.133. The molecule has 0 fully saturated rings. The number of rotatable bonds is 4. The molecule has 2 N–H and O–H groups in total. The second-order valence-electron chi connectivity index (χ2n) is 4.70. The number of aromatic amines is 1. The van der Waals surface area contributed by atoms with Gasteiger partial charge in [-0.3, -0.25) is 9.89 Å². The van der Waals surface area contributed by atoms with Crippen LogP contribution in [-0.2, 0) is 0 Å². The molecule has 0 aliphatic carbocycles. The van der Waals surface area contributed by atoms with Crippen molar-refractivity contribution in [2.75, 3.05) is 0 Å². The van der Waals surface area contributed by atoms with E-state index >= 15 is 0 Å². The highest BCUT2D eigenvalue weighted by molar-refractivity contribution is 7.18. The second kappa shape index (κ2) is 6.29. The van der Waals surface area contributed by atoms with Gasteiger partial charge in [0.05, 0.1) is 9.21 Å². The Morgan fingerprint density at radius 3 is 2.64 bits per heavy atom. The molecule has 2 aromatic heterocycles. The number of halogens is 1. The number of thiophene rings is 1. The van der Waals surface area contributed by atoms with E-state index in [2.05, 4.69) is 20.5 Å². The Bertz CT molecular complexity index is 784. The van der Waals surface area contributed by atoms with Crippen molar-refractivity contribution >= 4 is 28.8 Å². The Hall–Kier alpha value is -2.18. The van der Waals surface area contributed by atoms with Crippen molar-refractivity contribution < 1.29 is 4.79 Å². The number of H-pyrrole nitrogens is 1. The van der Waals surface area contributed by atoms with Crippen LogP contribution in [0.15, 0.2) is 42.5 Å². The van der Waals surface area contributed by atoms with Crippen LogP contribution in [0.1, 0.15) is 32.9 Å². The molecule has 3 rings (SSSR count). The van der Waals surface area contributed by atoms with Gasteiger partial charge in [0.1, 0.15) is 11.9 Å². The van der Waals surface area contributed by atoms with E-state index in [-0.39, 0.29) is 5.91 Å². The number of amides is 1. The number of benzene rings is 1. The van der Waals surface area contributed by atoms with Crippen LogP contribution in [0.5, 0.6) is 0 Å². The lowest BCUT2D eigenvalue weighted by atomic mass is 10.1. The Balaban J connectivity index is 1.91. The van der Waals surface area contributed by atoms with Gasteiger partial charge in [-0.2, -0.15) is 5.10 Å². The first-order valence-corrected chi connectivity index (χ1v) is 7.83. The molecule has 0 spiro atoms. The standard InChI is InChI=1S/C15H13ClN4OS/c1-9-17-14(20-19-9)13(10-5-3-2-4-6-10)18-15(21)11-7-8-12(16)22-11/h2-8,13H,1H3,(H,18,21)(H,17,19,20)/t13-/m1/s1. The van der Waals surface area contributed by atoms with Gasteiger partial charge < -0.3 is 5.32 Å². The zero-order valence-electron chi connectivity index (χ0n) is 11.7. The van der Waals surface area contributed by atoms with E-state index in [1.807, 2.05) is 37.3 Å². The summed E-state index contributed by atoms with van der Waals surface area (Å²) in [7, 11) is 0. The summed E-state index contributed by atoms with van der Waals surface area (Å²) in [6.07, 6.45) is 0. The summed E-state index contributed by atoms with van der Waals surface area (Å²) in [6.45, 7) is 1.82. The van der Waals surface area contributed by atoms with Crippen LogP contribution in [0.3, 0.4) is 0 Å². The molecule has 1 atom stereocenters. The first-order valence-electron chi connectivity index (χ1n) is 6.63. The van der Waals surface area contributed by atoms with Crippen molar-refractivity contribution in [1.82, 2.24) is 20.5 Å². The van der Waals surface area contributed by atoms with Crippen molar-refractivity contribution in [3.8, 4) is 0 Å². The minimum absolute atomic E-state index is 0.201. The summed E-state index contributed by atoms with van der Waals surface area (Å²) in [6, 6.07) is 12.6. The number of nitrogens with zero attached hydrogens (tertiary/aromatic N) is 2. The summed E-state index contributed by atoms with van der Waals surface area (Å²) >= 11 is 7.13. The quantitative estimate of drug-likeness (QED) is 0.769. The van der Waals surface area contributed by atoms with E-state index in [0.29, 0.717) is 20.9 Å². The molecule has 0 saturated heterocycles. The average Bonchev–Trinajstić information content (AvgIpc) is 3.14. The molecule has 1 aromatic carbocycles. The predicted molar refractivity (Wildman–Crippen MR) is 86.2 cm³/mol. The lowest BCUT2D eigenvalue weighted by Crippen LogP contribution is -2.29. The Morgan fingerprint density at radius 2 is 2.05 bits per heavy atom. The first kappa shape index (κ1) is 14.7. The highest BCUT2D eigenvalue weighted by Gasteiger charge is 2.22. The molecule has 1 amide bonds. The van der Waals surface area contributed by atoms with Gasteiger partial charge in [-0.05, 0) is 24.6 Å². The maximum atomic E-state index is 12.4. The smallest absolute Gasteiger partial charge is 0.262 e. The fourth-order valence-electron chi connectivity index (χ4n) is 2.07. The molecular weight excluding hydrogens is 320 g/mol. The van der Waals surface area contributed by atoms with Crippen molar-refractivity contribution in [3.05, 3.63) is 68.9 Å². The number of aryl methyl sites for hydroxylation is 1. The van der Waals surface area contributed by atoms with E-state index < -0.39 is 6.04 Å². The van der Waals surface area contributed by atoms with Gasteiger partial charge in [-0.15, -0.1) is 11.3 Å². The van der Waals surface area contributed by atoms with Crippen molar-refractivity contribution in [2.45, 2.75) is 13.0 Å². The monoisotopic (exact) mass is 332 g/mol. The molecule has 0 saturated carbocycles. The number of nitrogens with one attached hydrogen (secondary N) is 2. The van der Waals surface area contributed by atoms with E-state index in [0.717, 1.165) is 5.56 Å². The maximum absolute atomic E-state index is 12.4. The Labute approximate surface area is 136 Å². The molecule has 0 aliphatic heterocycles. The van der Waals surface area contributed by atoms with E-state index in [4.69, 9.17) is 11.6 Å². The number of carbonyl (C=O) groups is 1. The summed E-state index contributed by atoms with van der Waals surface area (Å²) < 4.78 is 0.579. The lowest BCUT2D eigenvalue weighted by molar-refractivity contribution is 0.0945. The molecule has 0 bridgehead atoms. The SMILES string of the molecule is Cc1nc([C@H](NC(=O)c2ccc(Cl)s2)c2ccccc2)n[nH]1. The Morgan fingerprint density at radius 1 is 1.27 bits per heavy atom. The number of aromatic nitrogens is 3. The molecule has 22 heavy (non-hydrogen) atoms. The third-order valence-electron chi connectivity index (χ3n) is 3.08. The van der Waals surface area contributed by atoms with Gasteiger partial charge in [0.2, 0.25) is 0 Å². The topological polar surface area (TPSA) is 70.7 Å². The number of carbonyl (C=O) groups excluding carboxylic acids is 1. The van der Waals surface area contributed by atoms with Crippen LogP contribution in [0, 0.1) is 6.92 Å². The Kier molecular flexibility index (Phi) is 4.22.